The topological polar surface area (TPSA) is 80.9 Å². The summed E-state index contributed by atoms with van der Waals surface area (Å²) in [6, 6.07) is 4.68. The Balaban J connectivity index is 2.74. The van der Waals surface area contributed by atoms with E-state index in [1.54, 1.807) is 12.1 Å². The van der Waals surface area contributed by atoms with Gasteiger partial charge in [-0.1, -0.05) is 6.07 Å². The van der Waals surface area contributed by atoms with Gasteiger partial charge in [0, 0.05) is 18.3 Å². The molecule has 0 saturated heterocycles. The monoisotopic (exact) mass is 280 g/mol. The van der Waals surface area contributed by atoms with Gasteiger partial charge in [-0.15, -0.1) is 0 Å². The highest BCUT2D eigenvalue weighted by molar-refractivity contribution is 6.28. The lowest BCUT2D eigenvalue weighted by Crippen LogP contribution is -2.19. The molecule has 2 rings (SSSR count). The molecule has 98 valence electrons. The number of anilines is 1. The fourth-order valence-electron chi connectivity index (χ4n) is 1.68. The summed E-state index contributed by atoms with van der Waals surface area (Å²) in [5.41, 5.74) is 6.36. The number of amides is 1. The summed E-state index contributed by atoms with van der Waals surface area (Å²) >= 11 is 5.65. The van der Waals surface area contributed by atoms with E-state index in [0.29, 0.717) is 0 Å². The third-order valence-corrected chi connectivity index (χ3v) is 2.70. The van der Waals surface area contributed by atoms with Gasteiger partial charge in [0.1, 0.15) is 5.69 Å². The fourth-order valence-corrected chi connectivity index (χ4v) is 1.81. The van der Waals surface area contributed by atoms with Crippen LogP contribution in [0.3, 0.4) is 0 Å². The van der Waals surface area contributed by atoms with Gasteiger partial charge in [-0.25, -0.2) is 14.4 Å². The van der Waals surface area contributed by atoms with Crippen molar-refractivity contribution >= 4 is 23.2 Å². The molecule has 0 spiro atoms. The molecule has 1 aromatic carbocycles. The fraction of sp³-hybridized carbons (Fsp3) is 0.0833. The molecular weight excluding hydrogens is 271 g/mol. The molecule has 1 heterocycles. The van der Waals surface area contributed by atoms with Crippen LogP contribution in [-0.2, 0) is 0 Å². The second-order valence-electron chi connectivity index (χ2n) is 3.68. The molecule has 5 nitrogen and oxygen atoms in total. The van der Waals surface area contributed by atoms with Crippen LogP contribution in [-0.4, -0.2) is 22.9 Å². The number of hydrogen-bond donors (Lipinski definition) is 2. The minimum atomic E-state index is -0.701. The van der Waals surface area contributed by atoms with Crippen molar-refractivity contribution in [3.8, 4) is 11.3 Å². The van der Waals surface area contributed by atoms with E-state index in [2.05, 4.69) is 15.3 Å². The Morgan fingerprint density at radius 3 is 2.89 bits per heavy atom. The maximum Gasteiger partial charge on any atom is 0.251 e. The first-order valence-electron chi connectivity index (χ1n) is 5.33. The zero-order chi connectivity index (χ0) is 14.0. The first-order chi connectivity index (χ1) is 9.04. The second kappa shape index (κ2) is 5.19. The summed E-state index contributed by atoms with van der Waals surface area (Å²) in [6.45, 7) is 0. The van der Waals surface area contributed by atoms with Crippen LogP contribution in [0.15, 0.2) is 24.4 Å². The molecule has 0 unspecified atom stereocenters. The first-order valence-corrected chi connectivity index (χ1v) is 5.71. The smallest absolute Gasteiger partial charge is 0.251 e. The number of aromatic nitrogens is 2. The quantitative estimate of drug-likeness (QED) is 0.650. The second-order valence-corrected chi connectivity index (χ2v) is 4.02. The highest BCUT2D eigenvalue weighted by Gasteiger charge is 2.19. The Bertz CT molecular complexity index is 648. The van der Waals surface area contributed by atoms with Crippen molar-refractivity contribution < 1.29 is 9.18 Å². The number of halogens is 2. The minimum absolute atomic E-state index is 0.100. The van der Waals surface area contributed by atoms with E-state index in [1.165, 1.54) is 13.1 Å². The van der Waals surface area contributed by atoms with Crippen LogP contribution in [0.4, 0.5) is 10.1 Å². The molecule has 19 heavy (non-hydrogen) atoms. The van der Waals surface area contributed by atoms with Gasteiger partial charge in [-0.2, -0.15) is 0 Å². The number of carbonyl (C=O) groups excluding carboxylic acids is 1. The maximum atomic E-state index is 13.8. The standard InChI is InChI=1S/C12H10ClFN4O/c1-16-11(19)6-3-2-4-8(15)9(6)10-7(14)5-17-12(13)18-10/h2-5H,15H2,1H3,(H,16,19). The predicted octanol–water partition coefficient (Wildman–Crippen LogP) is 1.88. The van der Waals surface area contributed by atoms with Gasteiger partial charge < -0.3 is 11.1 Å². The highest BCUT2D eigenvalue weighted by atomic mass is 35.5. The van der Waals surface area contributed by atoms with Gasteiger partial charge in [-0.05, 0) is 23.7 Å². The Kier molecular flexibility index (Phi) is 3.62. The number of benzene rings is 1. The first kappa shape index (κ1) is 13.2. The van der Waals surface area contributed by atoms with Crippen molar-refractivity contribution in [2.45, 2.75) is 0 Å². The van der Waals surface area contributed by atoms with Crippen LogP contribution in [0, 0.1) is 5.82 Å². The van der Waals surface area contributed by atoms with E-state index in [0.717, 1.165) is 6.20 Å². The molecule has 0 aliphatic rings. The largest absolute Gasteiger partial charge is 0.398 e. The summed E-state index contributed by atoms with van der Waals surface area (Å²) in [5, 5.41) is 2.34. The Hall–Kier alpha value is -2.21. The number of carbonyl (C=O) groups is 1. The number of nitrogens with two attached hydrogens (primary N) is 1. The summed E-state index contributed by atoms with van der Waals surface area (Å²) in [4.78, 5) is 19.1. The zero-order valence-electron chi connectivity index (χ0n) is 9.95. The Morgan fingerprint density at radius 2 is 2.21 bits per heavy atom. The zero-order valence-corrected chi connectivity index (χ0v) is 10.7. The molecule has 0 bridgehead atoms. The molecule has 7 heteroatoms. The van der Waals surface area contributed by atoms with Crippen LogP contribution in [0.1, 0.15) is 10.4 Å². The third-order valence-electron chi connectivity index (χ3n) is 2.52. The van der Waals surface area contributed by atoms with Crippen molar-refractivity contribution in [3.05, 3.63) is 41.1 Å². The van der Waals surface area contributed by atoms with Gasteiger partial charge in [0.2, 0.25) is 5.28 Å². The summed E-state index contributed by atoms with van der Waals surface area (Å²) in [5.74, 6) is -1.09. The van der Waals surface area contributed by atoms with Crippen LogP contribution >= 0.6 is 11.6 Å². The molecule has 1 aromatic heterocycles. The van der Waals surface area contributed by atoms with Gasteiger partial charge >= 0.3 is 0 Å². The Labute approximate surface area is 113 Å². The number of nitrogens with zero attached hydrogens (tertiary/aromatic N) is 2. The molecular formula is C12H10ClFN4O. The highest BCUT2D eigenvalue weighted by Crippen LogP contribution is 2.30. The van der Waals surface area contributed by atoms with Crippen LogP contribution in [0.5, 0.6) is 0 Å². The lowest BCUT2D eigenvalue weighted by Gasteiger charge is -2.11. The number of rotatable bonds is 2. The van der Waals surface area contributed by atoms with E-state index < -0.39 is 11.7 Å². The van der Waals surface area contributed by atoms with Crippen molar-refractivity contribution in [2.75, 3.05) is 12.8 Å². The summed E-state index contributed by atoms with van der Waals surface area (Å²) in [6.07, 6.45) is 0.935. The van der Waals surface area contributed by atoms with Gasteiger partial charge in [0.15, 0.2) is 5.82 Å². The van der Waals surface area contributed by atoms with Crippen LogP contribution < -0.4 is 11.1 Å². The Morgan fingerprint density at radius 1 is 1.47 bits per heavy atom. The molecule has 0 radical (unpaired) electrons. The molecule has 3 N–H and O–H groups in total. The number of hydrogen-bond acceptors (Lipinski definition) is 4. The maximum absolute atomic E-state index is 13.8. The summed E-state index contributed by atoms with van der Waals surface area (Å²) in [7, 11) is 1.47. The van der Waals surface area contributed by atoms with Gasteiger partial charge in [-0.3, -0.25) is 4.79 Å². The van der Waals surface area contributed by atoms with Crippen molar-refractivity contribution in [1.82, 2.24) is 15.3 Å². The van der Waals surface area contributed by atoms with Gasteiger partial charge in [0.05, 0.1) is 11.8 Å². The molecule has 2 aromatic rings. The predicted molar refractivity (Wildman–Crippen MR) is 70.2 cm³/mol. The van der Waals surface area contributed by atoms with E-state index in [-0.39, 0.29) is 27.8 Å². The summed E-state index contributed by atoms with van der Waals surface area (Å²) < 4.78 is 13.8. The minimum Gasteiger partial charge on any atom is -0.398 e. The van der Waals surface area contributed by atoms with E-state index >= 15 is 0 Å². The average Bonchev–Trinajstić information content (AvgIpc) is 2.40. The van der Waals surface area contributed by atoms with E-state index in [1.807, 2.05) is 0 Å². The molecule has 0 aliphatic heterocycles. The lowest BCUT2D eigenvalue weighted by atomic mass is 10.0. The van der Waals surface area contributed by atoms with E-state index in [9.17, 15) is 9.18 Å². The molecule has 1 amide bonds. The normalized spacial score (nSPS) is 10.3. The average molecular weight is 281 g/mol. The number of nitrogen functional groups attached to an aromatic ring is 1. The third kappa shape index (κ3) is 2.48. The molecule has 0 atom stereocenters. The van der Waals surface area contributed by atoms with E-state index in [4.69, 9.17) is 17.3 Å². The van der Waals surface area contributed by atoms with Gasteiger partial charge in [0.25, 0.3) is 5.91 Å². The molecule has 0 fully saturated rings. The van der Waals surface area contributed by atoms with Crippen LogP contribution in [0.25, 0.3) is 11.3 Å². The van der Waals surface area contributed by atoms with Crippen molar-refractivity contribution in [1.29, 1.82) is 0 Å². The van der Waals surface area contributed by atoms with Crippen LogP contribution in [0.2, 0.25) is 5.28 Å². The molecule has 0 aliphatic carbocycles. The number of nitrogens with one attached hydrogen (secondary N) is 1. The lowest BCUT2D eigenvalue weighted by molar-refractivity contribution is 0.0963. The van der Waals surface area contributed by atoms with Crippen molar-refractivity contribution in [2.24, 2.45) is 0 Å². The van der Waals surface area contributed by atoms with Crippen molar-refractivity contribution in [3.63, 3.8) is 0 Å². The SMILES string of the molecule is CNC(=O)c1cccc(N)c1-c1nc(Cl)ncc1F. The molecule has 0 saturated carbocycles.